The Bertz CT molecular complexity index is 820. The fraction of sp³-hybridized carbons (Fsp3) is 0.391. The number of rotatable bonds is 8. The Morgan fingerprint density at radius 1 is 1.11 bits per heavy atom. The minimum Gasteiger partial charge on any atom is -0.352 e. The number of nitrogens with zero attached hydrogens (tertiary/aromatic N) is 1. The number of benzene rings is 2. The lowest BCUT2D eigenvalue weighted by Gasteiger charge is -2.31. The Morgan fingerprint density at radius 2 is 1.82 bits per heavy atom. The van der Waals surface area contributed by atoms with E-state index in [-0.39, 0.29) is 24.3 Å². The van der Waals surface area contributed by atoms with E-state index >= 15 is 0 Å². The highest BCUT2D eigenvalue weighted by Crippen LogP contribution is 2.17. The highest BCUT2D eigenvalue weighted by molar-refractivity contribution is 5.88. The van der Waals surface area contributed by atoms with E-state index in [4.69, 9.17) is 0 Å². The first-order valence-electron chi connectivity index (χ1n) is 9.70. The lowest BCUT2D eigenvalue weighted by Crippen LogP contribution is -2.50. The summed E-state index contributed by atoms with van der Waals surface area (Å²) in [6.45, 7) is 7.94. The zero-order chi connectivity index (χ0) is 20.7. The summed E-state index contributed by atoms with van der Waals surface area (Å²) in [5.41, 5.74) is 2.36. The van der Waals surface area contributed by atoms with Crippen LogP contribution in [0, 0.1) is 12.7 Å². The van der Waals surface area contributed by atoms with Gasteiger partial charge in [0.15, 0.2) is 0 Å². The molecule has 0 heterocycles. The molecule has 0 bridgehead atoms. The molecule has 0 aliphatic heterocycles. The Kier molecular flexibility index (Phi) is 7.73. The molecule has 0 spiro atoms. The number of hydrogen-bond acceptors (Lipinski definition) is 2. The number of hydrogen-bond donors (Lipinski definition) is 1. The molecule has 2 rings (SSSR count). The van der Waals surface area contributed by atoms with Gasteiger partial charge in [0.05, 0.1) is 6.42 Å². The molecule has 4 nitrogen and oxygen atoms in total. The summed E-state index contributed by atoms with van der Waals surface area (Å²) in [4.78, 5) is 27.4. The second-order valence-corrected chi connectivity index (χ2v) is 7.37. The zero-order valence-electron chi connectivity index (χ0n) is 17.0. The second-order valence-electron chi connectivity index (χ2n) is 7.37. The minimum absolute atomic E-state index is 0.0240. The predicted octanol–water partition coefficient (Wildman–Crippen LogP) is 4.01. The van der Waals surface area contributed by atoms with Gasteiger partial charge in [0.2, 0.25) is 11.8 Å². The van der Waals surface area contributed by atoms with Gasteiger partial charge in [0, 0.05) is 12.6 Å². The normalized spacial score (nSPS) is 11.9. The van der Waals surface area contributed by atoms with Gasteiger partial charge in [-0.2, -0.15) is 0 Å². The third-order valence-corrected chi connectivity index (χ3v) is 4.55. The van der Waals surface area contributed by atoms with Crippen molar-refractivity contribution in [3.05, 3.63) is 71.0 Å². The lowest BCUT2D eigenvalue weighted by molar-refractivity contribution is -0.141. The molecule has 0 aliphatic rings. The molecule has 1 N–H and O–H groups in total. The molecule has 0 radical (unpaired) electrons. The largest absolute Gasteiger partial charge is 0.352 e. The van der Waals surface area contributed by atoms with Gasteiger partial charge in [-0.15, -0.1) is 0 Å². The minimum atomic E-state index is -0.609. The van der Waals surface area contributed by atoms with E-state index in [0.29, 0.717) is 18.5 Å². The van der Waals surface area contributed by atoms with Crippen LogP contribution in [-0.4, -0.2) is 28.8 Å². The van der Waals surface area contributed by atoms with E-state index in [1.54, 1.807) is 23.1 Å². The number of amides is 2. The first-order valence-corrected chi connectivity index (χ1v) is 9.70. The van der Waals surface area contributed by atoms with Gasteiger partial charge < -0.3 is 10.2 Å². The average molecular weight is 384 g/mol. The van der Waals surface area contributed by atoms with Crippen LogP contribution in [0.15, 0.2) is 48.5 Å². The molecule has 0 saturated heterocycles. The first-order chi connectivity index (χ1) is 13.3. The monoisotopic (exact) mass is 384 g/mol. The number of nitrogens with one attached hydrogen (secondary N) is 1. The molecule has 0 fully saturated rings. The molecule has 1 atom stereocenters. The summed E-state index contributed by atoms with van der Waals surface area (Å²) < 4.78 is 14.1. The van der Waals surface area contributed by atoms with Crippen LogP contribution in [0.2, 0.25) is 0 Å². The fourth-order valence-electron chi connectivity index (χ4n) is 3.21. The molecule has 2 aromatic carbocycles. The van der Waals surface area contributed by atoms with Crippen molar-refractivity contribution in [3.63, 3.8) is 0 Å². The van der Waals surface area contributed by atoms with Crippen molar-refractivity contribution in [2.45, 2.75) is 59.2 Å². The second kappa shape index (κ2) is 10.0. The van der Waals surface area contributed by atoms with Gasteiger partial charge in [-0.25, -0.2) is 4.39 Å². The molecule has 0 aliphatic carbocycles. The predicted molar refractivity (Wildman–Crippen MR) is 109 cm³/mol. The van der Waals surface area contributed by atoms with Crippen molar-refractivity contribution in [2.75, 3.05) is 0 Å². The first kappa shape index (κ1) is 21.6. The maximum Gasteiger partial charge on any atom is 0.243 e. The highest BCUT2D eigenvalue weighted by Gasteiger charge is 2.29. The van der Waals surface area contributed by atoms with Crippen LogP contribution in [0.4, 0.5) is 4.39 Å². The molecule has 0 aromatic heterocycles. The van der Waals surface area contributed by atoms with Crippen molar-refractivity contribution in [1.82, 2.24) is 10.2 Å². The van der Waals surface area contributed by atoms with Gasteiger partial charge in [-0.05, 0) is 44.4 Å². The standard InChI is InChI=1S/C23H29FN2O2/c1-5-21(23(28)25-16(2)3)26(15-18-10-8-9-17(4)13-18)22(27)14-19-11-6-7-12-20(19)24/h6-13,16,21H,5,14-15H2,1-4H3,(H,25,28)/t21-/m0/s1. The van der Waals surface area contributed by atoms with E-state index < -0.39 is 11.9 Å². The number of carbonyl (C=O) groups is 2. The van der Waals surface area contributed by atoms with Gasteiger partial charge in [0.25, 0.3) is 0 Å². The van der Waals surface area contributed by atoms with Crippen LogP contribution < -0.4 is 5.32 Å². The zero-order valence-corrected chi connectivity index (χ0v) is 17.0. The van der Waals surface area contributed by atoms with Gasteiger partial charge in [0.1, 0.15) is 11.9 Å². The van der Waals surface area contributed by atoms with Crippen LogP contribution in [0.25, 0.3) is 0 Å². The summed E-state index contributed by atoms with van der Waals surface area (Å²) in [7, 11) is 0. The molecule has 5 heteroatoms. The molecule has 0 unspecified atom stereocenters. The maximum absolute atomic E-state index is 14.1. The van der Waals surface area contributed by atoms with Crippen LogP contribution in [0.3, 0.4) is 0 Å². The SMILES string of the molecule is CC[C@@H](C(=O)NC(C)C)N(Cc1cccc(C)c1)C(=O)Cc1ccccc1F. The van der Waals surface area contributed by atoms with Crippen LogP contribution in [-0.2, 0) is 22.6 Å². The van der Waals surface area contributed by atoms with E-state index in [2.05, 4.69) is 5.32 Å². The van der Waals surface area contributed by atoms with Crippen LogP contribution in [0.5, 0.6) is 0 Å². The van der Waals surface area contributed by atoms with E-state index in [9.17, 15) is 14.0 Å². The third-order valence-electron chi connectivity index (χ3n) is 4.55. The molecule has 0 saturated carbocycles. The highest BCUT2D eigenvalue weighted by atomic mass is 19.1. The quantitative estimate of drug-likeness (QED) is 0.748. The van der Waals surface area contributed by atoms with Crippen molar-refractivity contribution in [2.24, 2.45) is 0 Å². The Labute approximate surface area is 166 Å². The summed E-state index contributed by atoms with van der Waals surface area (Å²) in [6.07, 6.45) is 0.400. The molecule has 2 aromatic rings. The molecule has 2 amide bonds. The average Bonchev–Trinajstić information content (AvgIpc) is 2.63. The summed E-state index contributed by atoms with van der Waals surface area (Å²) in [5.74, 6) is -0.865. The van der Waals surface area contributed by atoms with Crippen LogP contribution >= 0.6 is 0 Å². The smallest absolute Gasteiger partial charge is 0.243 e. The van der Waals surface area contributed by atoms with Crippen molar-refractivity contribution in [3.8, 4) is 0 Å². The number of aryl methyl sites for hydroxylation is 1. The van der Waals surface area contributed by atoms with Gasteiger partial charge in [-0.1, -0.05) is 55.0 Å². The third kappa shape index (κ3) is 5.91. The molecule has 150 valence electrons. The van der Waals surface area contributed by atoms with Gasteiger partial charge >= 0.3 is 0 Å². The van der Waals surface area contributed by atoms with Crippen molar-refractivity contribution in [1.29, 1.82) is 0 Å². The fourth-order valence-corrected chi connectivity index (χ4v) is 3.21. The molecular weight excluding hydrogens is 355 g/mol. The van der Waals surface area contributed by atoms with E-state index in [1.165, 1.54) is 6.07 Å². The topological polar surface area (TPSA) is 49.4 Å². The van der Waals surface area contributed by atoms with Crippen molar-refractivity contribution >= 4 is 11.8 Å². The van der Waals surface area contributed by atoms with Crippen LogP contribution in [0.1, 0.15) is 43.9 Å². The summed E-state index contributed by atoms with van der Waals surface area (Å²) in [6, 6.07) is 13.5. The summed E-state index contributed by atoms with van der Waals surface area (Å²) >= 11 is 0. The molecule has 28 heavy (non-hydrogen) atoms. The number of halogens is 1. The van der Waals surface area contributed by atoms with E-state index in [0.717, 1.165) is 11.1 Å². The van der Waals surface area contributed by atoms with Crippen molar-refractivity contribution < 1.29 is 14.0 Å². The maximum atomic E-state index is 14.1. The molecular formula is C23H29FN2O2. The summed E-state index contributed by atoms with van der Waals surface area (Å²) in [5, 5.41) is 2.89. The van der Waals surface area contributed by atoms with Gasteiger partial charge in [-0.3, -0.25) is 9.59 Å². The Balaban J connectivity index is 2.32. The Morgan fingerprint density at radius 3 is 2.43 bits per heavy atom. The Hall–Kier alpha value is -2.69. The van der Waals surface area contributed by atoms with E-state index in [1.807, 2.05) is 52.0 Å². The number of carbonyl (C=O) groups excluding carboxylic acids is 2. The lowest BCUT2D eigenvalue weighted by atomic mass is 10.1.